The van der Waals surface area contributed by atoms with Gasteiger partial charge in [0.1, 0.15) is 0 Å². The molecule has 0 saturated carbocycles. The van der Waals surface area contributed by atoms with Crippen molar-refractivity contribution in [2.75, 3.05) is 13.1 Å². The summed E-state index contributed by atoms with van der Waals surface area (Å²) >= 11 is 0. The van der Waals surface area contributed by atoms with Crippen molar-refractivity contribution in [3.63, 3.8) is 0 Å². The predicted molar refractivity (Wildman–Crippen MR) is 112 cm³/mol. The van der Waals surface area contributed by atoms with E-state index in [2.05, 4.69) is 21.2 Å². The molecule has 8 nitrogen and oxygen atoms in total. The molecule has 1 fully saturated rings. The summed E-state index contributed by atoms with van der Waals surface area (Å²) in [4.78, 5) is 25.8. The summed E-state index contributed by atoms with van der Waals surface area (Å²) in [5.41, 5.74) is 2.33. The van der Waals surface area contributed by atoms with Crippen LogP contribution in [0, 0.1) is 5.92 Å². The lowest BCUT2D eigenvalue weighted by atomic mass is 9.83. The number of carbonyl (C=O) groups excluding carboxylic acids is 1. The van der Waals surface area contributed by atoms with E-state index in [4.69, 9.17) is 0 Å². The van der Waals surface area contributed by atoms with Gasteiger partial charge in [0.15, 0.2) is 5.69 Å². The van der Waals surface area contributed by atoms with Crippen molar-refractivity contribution >= 4 is 22.5 Å². The maximum absolute atomic E-state index is 12.2. The van der Waals surface area contributed by atoms with E-state index in [1.165, 1.54) is 6.92 Å². The van der Waals surface area contributed by atoms with E-state index in [9.17, 15) is 14.7 Å². The molecule has 2 atom stereocenters. The summed E-state index contributed by atoms with van der Waals surface area (Å²) in [7, 11) is 0. The summed E-state index contributed by atoms with van der Waals surface area (Å²) in [6.45, 7) is 4.24. The Labute approximate surface area is 173 Å². The number of hydrogen-bond donors (Lipinski definition) is 1. The zero-order valence-corrected chi connectivity index (χ0v) is 16.7. The maximum Gasteiger partial charge on any atom is 0.261 e. The van der Waals surface area contributed by atoms with E-state index in [1.54, 1.807) is 6.07 Å². The second-order valence-electron chi connectivity index (χ2n) is 8.21. The maximum atomic E-state index is 12.2. The first kappa shape index (κ1) is 18.7. The van der Waals surface area contributed by atoms with E-state index in [1.807, 2.05) is 39.5 Å². The van der Waals surface area contributed by atoms with Crippen molar-refractivity contribution in [3.05, 3.63) is 58.5 Å². The Balaban J connectivity index is 1.48. The van der Waals surface area contributed by atoms with Crippen LogP contribution in [0.4, 0.5) is 5.69 Å². The summed E-state index contributed by atoms with van der Waals surface area (Å²) in [6.07, 6.45) is 1.08. The molecule has 5 rings (SSSR count). The highest BCUT2D eigenvalue weighted by molar-refractivity contribution is 5.95. The van der Waals surface area contributed by atoms with Crippen molar-refractivity contribution in [2.45, 2.75) is 32.5 Å². The number of amides is 1. The van der Waals surface area contributed by atoms with Gasteiger partial charge in [0, 0.05) is 49.6 Å². The van der Waals surface area contributed by atoms with Gasteiger partial charge in [-0.1, -0.05) is 24.3 Å². The first-order valence-corrected chi connectivity index (χ1v) is 10.2. The Kier molecular flexibility index (Phi) is 4.51. The van der Waals surface area contributed by atoms with E-state index >= 15 is 0 Å². The van der Waals surface area contributed by atoms with Gasteiger partial charge in [-0.2, -0.15) is 0 Å². The normalized spacial score (nSPS) is 21.2. The summed E-state index contributed by atoms with van der Waals surface area (Å²) < 4.78 is 3.74. The fraction of sp³-hybridized carbons (Fsp3) is 0.364. The number of rotatable bonds is 3. The minimum atomic E-state index is -0.413. The van der Waals surface area contributed by atoms with E-state index in [0.29, 0.717) is 24.2 Å². The lowest BCUT2D eigenvalue weighted by molar-refractivity contribution is -0.116. The monoisotopic (exact) mass is 405 g/mol. The topological polar surface area (TPSA) is 92.2 Å². The summed E-state index contributed by atoms with van der Waals surface area (Å²) in [5.74, 6) is 0.293. The van der Waals surface area contributed by atoms with Crippen molar-refractivity contribution < 1.29 is 9.90 Å². The molecule has 30 heavy (non-hydrogen) atoms. The Morgan fingerprint density at radius 3 is 2.80 bits per heavy atom. The largest absolute Gasteiger partial charge is 0.493 e. The van der Waals surface area contributed by atoms with Gasteiger partial charge < -0.3 is 9.67 Å². The minimum absolute atomic E-state index is 0.00792. The molecule has 1 aromatic carbocycles. The third-order valence-corrected chi connectivity index (χ3v) is 6.11. The zero-order chi connectivity index (χ0) is 20.8. The van der Waals surface area contributed by atoms with Crippen LogP contribution in [-0.4, -0.2) is 38.1 Å². The van der Waals surface area contributed by atoms with Crippen LogP contribution in [-0.2, 0) is 18.0 Å². The van der Waals surface area contributed by atoms with Crippen LogP contribution >= 0.6 is 0 Å². The predicted octanol–water partition coefficient (Wildman–Crippen LogP) is 3.22. The van der Waals surface area contributed by atoms with Crippen LogP contribution in [0.3, 0.4) is 0 Å². The van der Waals surface area contributed by atoms with E-state index < -0.39 is 5.91 Å². The number of hydrogen-bond acceptors (Lipinski definition) is 5. The summed E-state index contributed by atoms with van der Waals surface area (Å²) in [6, 6.07) is 13.1. The van der Waals surface area contributed by atoms with Crippen molar-refractivity contribution in [1.29, 1.82) is 0 Å². The van der Waals surface area contributed by atoms with Crippen LogP contribution in [0.1, 0.15) is 25.0 Å². The van der Waals surface area contributed by atoms with Crippen LogP contribution < -0.4 is 5.56 Å². The Morgan fingerprint density at radius 1 is 1.13 bits per heavy atom. The van der Waals surface area contributed by atoms with Gasteiger partial charge in [0.2, 0.25) is 5.88 Å². The van der Waals surface area contributed by atoms with Crippen molar-refractivity contribution in [3.8, 4) is 5.88 Å². The second-order valence-corrected chi connectivity index (χ2v) is 8.21. The number of azo groups is 1. The molecule has 0 spiro atoms. The Hall–Kier alpha value is -3.26. The van der Waals surface area contributed by atoms with Crippen molar-refractivity contribution in [2.24, 2.45) is 16.1 Å². The number of nitrogens with zero attached hydrogens (tertiary/aromatic N) is 5. The molecule has 1 amide bonds. The number of piperidine rings is 1. The zero-order valence-electron chi connectivity index (χ0n) is 16.7. The lowest BCUT2D eigenvalue weighted by Gasteiger charge is -2.42. The van der Waals surface area contributed by atoms with Crippen molar-refractivity contribution in [1.82, 2.24) is 14.0 Å². The molecule has 2 bridgehead atoms. The molecule has 154 valence electrons. The molecular weight excluding hydrogens is 382 g/mol. The molecule has 0 aliphatic carbocycles. The average Bonchev–Trinajstić information content (AvgIpc) is 2.98. The van der Waals surface area contributed by atoms with E-state index in [-0.39, 0.29) is 11.4 Å². The molecule has 2 aliphatic rings. The van der Waals surface area contributed by atoms with Gasteiger partial charge in [0.05, 0.1) is 12.2 Å². The molecule has 8 heteroatoms. The SMILES string of the molecule is CC(=O)N=Nc1c(O)n(CN2C[C@@H]3C[C@@H](C2)c2cccc(=O)n2C3)c2ccccc12. The minimum Gasteiger partial charge on any atom is -0.493 e. The number of aromatic hydroxyl groups is 1. The number of likely N-dealkylation sites (tertiary alicyclic amines) is 1. The van der Waals surface area contributed by atoms with Gasteiger partial charge >= 0.3 is 0 Å². The number of carbonyl (C=O) groups is 1. The number of pyridine rings is 1. The molecule has 0 unspecified atom stereocenters. The van der Waals surface area contributed by atoms with Gasteiger partial charge in [-0.15, -0.1) is 10.2 Å². The Morgan fingerprint density at radius 2 is 1.97 bits per heavy atom. The summed E-state index contributed by atoms with van der Waals surface area (Å²) in [5, 5.41) is 19.2. The number of para-hydroxylation sites is 1. The number of benzene rings is 1. The second kappa shape index (κ2) is 7.21. The van der Waals surface area contributed by atoms with E-state index in [0.717, 1.165) is 42.7 Å². The molecule has 2 aromatic heterocycles. The third kappa shape index (κ3) is 3.13. The molecular formula is C22H23N5O3. The lowest BCUT2D eigenvalue weighted by Crippen LogP contribution is -2.47. The molecule has 0 radical (unpaired) electrons. The van der Waals surface area contributed by atoms with Gasteiger partial charge in [-0.25, -0.2) is 0 Å². The van der Waals surface area contributed by atoms with Gasteiger partial charge in [-0.05, 0) is 24.5 Å². The number of aromatic nitrogens is 2. The molecule has 3 aromatic rings. The molecule has 1 N–H and O–H groups in total. The standard InChI is InChI=1S/C22H23N5O3/c1-14(28)23-24-21-17-5-2-3-6-19(17)27(22(21)30)13-25-10-15-9-16(12-25)18-7-4-8-20(29)26(18)11-15/h2-8,15-16,30H,9-13H2,1H3/t15-,16-/m0/s1. The van der Waals surface area contributed by atoms with Crippen LogP contribution in [0.2, 0.25) is 0 Å². The molecule has 2 aliphatic heterocycles. The Bertz CT molecular complexity index is 1230. The number of fused-ring (bicyclic) bond motifs is 5. The van der Waals surface area contributed by atoms with Gasteiger partial charge in [0.25, 0.3) is 11.5 Å². The fourth-order valence-electron chi connectivity index (χ4n) is 4.94. The first-order chi connectivity index (χ1) is 14.5. The third-order valence-electron chi connectivity index (χ3n) is 6.11. The quantitative estimate of drug-likeness (QED) is 0.677. The fourth-order valence-corrected chi connectivity index (χ4v) is 4.94. The van der Waals surface area contributed by atoms with Crippen LogP contribution in [0.5, 0.6) is 5.88 Å². The average molecular weight is 405 g/mol. The highest BCUT2D eigenvalue weighted by Gasteiger charge is 2.35. The highest BCUT2D eigenvalue weighted by atomic mass is 16.3. The smallest absolute Gasteiger partial charge is 0.261 e. The first-order valence-electron chi connectivity index (χ1n) is 10.2. The van der Waals surface area contributed by atoms with Gasteiger partial charge in [-0.3, -0.25) is 19.1 Å². The highest BCUT2D eigenvalue weighted by Crippen LogP contribution is 2.40. The molecule has 4 heterocycles. The van der Waals surface area contributed by atoms with Crippen LogP contribution in [0.25, 0.3) is 10.9 Å². The van der Waals surface area contributed by atoms with Crippen LogP contribution in [0.15, 0.2) is 57.5 Å². The molecule has 1 saturated heterocycles.